The highest BCUT2D eigenvalue weighted by atomic mass is 16.6. The van der Waals surface area contributed by atoms with Gasteiger partial charge < -0.3 is 10.1 Å². The predicted molar refractivity (Wildman–Crippen MR) is 133 cm³/mol. The molecule has 33 heavy (non-hydrogen) atoms. The Bertz CT molecular complexity index is 1120. The van der Waals surface area contributed by atoms with Crippen LogP contribution in [0, 0.1) is 0 Å². The number of guanidine groups is 1. The van der Waals surface area contributed by atoms with Crippen molar-refractivity contribution < 1.29 is 9.53 Å². The van der Waals surface area contributed by atoms with Crippen LogP contribution in [0.3, 0.4) is 0 Å². The molecule has 5 nitrogen and oxygen atoms in total. The first kappa shape index (κ1) is 22.6. The van der Waals surface area contributed by atoms with E-state index >= 15 is 0 Å². The summed E-state index contributed by atoms with van der Waals surface area (Å²) in [5, 5.41) is 3.48. The van der Waals surface area contributed by atoms with E-state index in [4.69, 9.17) is 9.73 Å². The van der Waals surface area contributed by atoms with Crippen LogP contribution in [-0.2, 0) is 10.2 Å². The summed E-state index contributed by atoms with van der Waals surface area (Å²) in [7, 11) is 0. The fourth-order valence-electron chi connectivity index (χ4n) is 4.28. The number of para-hydroxylation sites is 1. The summed E-state index contributed by atoms with van der Waals surface area (Å²) in [6.45, 7) is 8.63. The number of nitrogens with zero attached hydrogens (tertiary/aromatic N) is 2. The Morgan fingerprint density at radius 1 is 0.909 bits per heavy atom. The lowest BCUT2D eigenvalue weighted by Gasteiger charge is -2.29. The van der Waals surface area contributed by atoms with Crippen LogP contribution in [0.2, 0.25) is 0 Å². The van der Waals surface area contributed by atoms with E-state index in [-0.39, 0.29) is 17.5 Å². The number of hydrogen-bond acceptors (Lipinski definition) is 4. The summed E-state index contributed by atoms with van der Waals surface area (Å²) in [5.74, 6) is 0.493. The normalized spacial score (nSPS) is 18.1. The van der Waals surface area contributed by atoms with Gasteiger partial charge in [-0.05, 0) is 35.1 Å². The third kappa shape index (κ3) is 4.77. The second-order valence-corrected chi connectivity index (χ2v) is 9.15. The van der Waals surface area contributed by atoms with Gasteiger partial charge in [0.1, 0.15) is 6.04 Å². The fourth-order valence-corrected chi connectivity index (χ4v) is 4.28. The molecular weight excluding hydrogens is 410 g/mol. The van der Waals surface area contributed by atoms with Crippen molar-refractivity contribution >= 4 is 17.7 Å². The summed E-state index contributed by atoms with van der Waals surface area (Å²) in [5.41, 5.74) is 4.05. The van der Waals surface area contributed by atoms with Crippen LogP contribution in [0.15, 0.2) is 89.9 Å². The van der Waals surface area contributed by atoms with E-state index in [1.54, 1.807) is 4.90 Å². The highest BCUT2D eigenvalue weighted by Crippen LogP contribution is 2.43. The summed E-state index contributed by atoms with van der Waals surface area (Å²) >= 11 is 0. The lowest BCUT2D eigenvalue weighted by atomic mass is 9.86. The average Bonchev–Trinajstić information content (AvgIpc) is 3.19. The standard InChI is InChI=1S/C28H31N3O2/c1-5-33-27(32)31-25(21-16-10-7-11-17-21)24(20-14-8-6-9-15-20)30-26(31)29-23-19-13-12-18-22(23)28(2,3)4/h6-19,24-25H,5H2,1-4H3,(H,29,30)/t24-,25-/m0/s1. The van der Waals surface area contributed by atoms with E-state index in [1.165, 1.54) is 0 Å². The van der Waals surface area contributed by atoms with Crippen molar-refractivity contribution in [1.82, 2.24) is 4.90 Å². The van der Waals surface area contributed by atoms with Crippen molar-refractivity contribution in [3.63, 3.8) is 0 Å². The lowest BCUT2D eigenvalue weighted by molar-refractivity contribution is 0.117. The Balaban J connectivity index is 1.83. The van der Waals surface area contributed by atoms with Crippen LogP contribution < -0.4 is 5.32 Å². The highest BCUT2D eigenvalue weighted by Gasteiger charge is 2.43. The van der Waals surface area contributed by atoms with Gasteiger partial charge in [0.25, 0.3) is 0 Å². The Labute approximate surface area is 196 Å². The molecule has 4 rings (SSSR count). The minimum Gasteiger partial charge on any atom is -0.449 e. The zero-order valence-electron chi connectivity index (χ0n) is 19.7. The summed E-state index contributed by atoms with van der Waals surface area (Å²) < 4.78 is 5.49. The van der Waals surface area contributed by atoms with Crippen LogP contribution in [0.1, 0.15) is 56.5 Å². The molecule has 0 fully saturated rings. The van der Waals surface area contributed by atoms with Gasteiger partial charge in [0, 0.05) is 5.69 Å². The van der Waals surface area contributed by atoms with Gasteiger partial charge >= 0.3 is 6.09 Å². The van der Waals surface area contributed by atoms with Gasteiger partial charge in [0.15, 0.2) is 0 Å². The minimum atomic E-state index is -0.413. The fraction of sp³-hybridized carbons (Fsp3) is 0.286. The monoisotopic (exact) mass is 441 g/mol. The Kier molecular flexibility index (Phi) is 6.50. The number of aliphatic imine (C=N–C) groups is 1. The molecule has 1 heterocycles. The number of carbonyl (C=O) groups excluding carboxylic acids is 1. The molecule has 0 aliphatic carbocycles. The van der Waals surface area contributed by atoms with Gasteiger partial charge in [-0.3, -0.25) is 0 Å². The zero-order chi connectivity index (χ0) is 23.4. The van der Waals surface area contributed by atoms with E-state index in [0.717, 1.165) is 22.4 Å². The Hall–Kier alpha value is -3.60. The zero-order valence-corrected chi connectivity index (χ0v) is 19.7. The van der Waals surface area contributed by atoms with E-state index < -0.39 is 6.09 Å². The van der Waals surface area contributed by atoms with Crippen LogP contribution >= 0.6 is 0 Å². The number of ether oxygens (including phenoxy) is 1. The van der Waals surface area contributed by atoms with Crippen molar-refractivity contribution in [2.45, 2.75) is 45.2 Å². The SMILES string of the molecule is CCOC(=O)N1C(Nc2ccccc2C(C)(C)C)=N[C@@H](c2ccccc2)[C@@H]1c1ccccc1. The maximum absolute atomic E-state index is 13.3. The summed E-state index contributed by atoms with van der Waals surface area (Å²) in [6, 6.07) is 27.7. The molecule has 170 valence electrons. The van der Waals surface area contributed by atoms with Gasteiger partial charge in [-0.25, -0.2) is 14.7 Å². The van der Waals surface area contributed by atoms with Gasteiger partial charge in [-0.2, -0.15) is 0 Å². The average molecular weight is 442 g/mol. The molecule has 0 bridgehead atoms. The molecule has 1 aliphatic heterocycles. The molecule has 2 atom stereocenters. The third-order valence-corrected chi connectivity index (χ3v) is 5.80. The van der Waals surface area contributed by atoms with Gasteiger partial charge in [-0.15, -0.1) is 0 Å². The number of nitrogens with one attached hydrogen (secondary N) is 1. The first-order valence-electron chi connectivity index (χ1n) is 11.4. The molecule has 0 aromatic heterocycles. The van der Waals surface area contributed by atoms with Crippen molar-refractivity contribution in [2.24, 2.45) is 4.99 Å². The molecule has 3 aromatic carbocycles. The van der Waals surface area contributed by atoms with Gasteiger partial charge in [0.2, 0.25) is 5.96 Å². The van der Waals surface area contributed by atoms with Crippen LogP contribution in [-0.4, -0.2) is 23.6 Å². The first-order chi connectivity index (χ1) is 15.9. The molecule has 3 aromatic rings. The Morgan fingerprint density at radius 2 is 1.48 bits per heavy atom. The smallest absolute Gasteiger partial charge is 0.417 e. The van der Waals surface area contributed by atoms with Crippen LogP contribution in [0.25, 0.3) is 0 Å². The predicted octanol–water partition coefficient (Wildman–Crippen LogP) is 6.71. The molecule has 0 saturated carbocycles. The largest absolute Gasteiger partial charge is 0.449 e. The second-order valence-electron chi connectivity index (χ2n) is 9.15. The second kappa shape index (κ2) is 9.49. The molecule has 1 N–H and O–H groups in total. The molecule has 1 aliphatic rings. The molecular formula is C28H31N3O2. The number of carbonyl (C=O) groups is 1. The Morgan fingerprint density at radius 3 is 2.09 bits per heavy atom. The number of anilines is 1. The van der Waals surface area contributed by atoms with Crippen molar-refractivity contribution in [1.29, 1.82) is 0 Å². The van der Waals surface area contributed by atoms with Crippen molar-refractivity contribution in [3.8, 4) is 0 Å². The van der Waals surface area contributed by atoms with E-state index in [9.17, 15) is 4.79 Å². The first-order valence-corrected chi connectivity index (χ1v) is 11.4. The number of hydrogen-bond donors (Lipinski definition) is 1. The number of benzene rings is 3. The third-order valence-electron chi connectivity index (χ3n) is 5.80. The van der Waals surface area contributed by atoms with Crippen molar-refractivity contribution in [3.05, 3.63) is 102 Å². The van der Waals surface area contributed by atoms with Crippen LogP contribution in [0.5, 0.6) is 0 Å². The van der Waals surface area contributed by atoms with Gasteiger partial charge in [0.05, 0.1) is 12.6 Å². The summed E-state index contributed by atoms with van der Waals surface area (Å²) in [4.78, 5) is 20.0. The topological polar surface area (TPSA) is 53.9 Å². The summed E-state index contributed by atoms with van der Waals surface area (Å²) in [6.07, 6.45) is -0.413. The number of amides is 1. The molecule has 0 radical (unpaired) electrons. The molecule has 0 spiro atoms. The lowest BCUT2D eigenvalue weighted by Crippen LogP contribution is -2.41. The molecule has 1 amide bonds. The minimum absolute atomic E-state index is 0.0742. The number of rotatable bonds is 4. The highest BCUT2D eigenvalue weighted by molar-refractivity contribution is 6.04. The van der Waals surface area contributed by atoms with E-state index in [2.05, 4.69) is 44.3 Å². The van der Waals surface area contributed by atoms with Crippen LogP contribution in [0.4, 0.5) is 10.5 Å². The molecule has 0 unspecified atom stereocenters. The quantitative estimate of drug-likeness (QED) is 0.490. The maximum atomic E-state index is 13.3. The van der Waals surface area contributed by atoms with Crippen molar-refractivity contribution in [2.75, 3.05) is 11.9 Å². The molecule has 0 saturated heterocycles. The van der Waals surface area contributed by atoms with E-state index in [1.807, 2.05) is 73.7 Å². The van der Waals surface area contributed by atoms with E-state index in [0.29, 0.717) is 12.6 Å². The maximum Gasteiger partial charge on any atom is 0.417 e. The molecule has 5 heteroatoms. The van der Waals surface area contributed by atoms with Gasteiger partial charge in [-0.1, -0.05) is 99.6 Å².